The summed E-state index contributed by atoms with van der Waals surface area (Å²) in [5, 5.41) is 4.55. The molecule has 0 atom stereocenters. The summed E-state index contributed by atoms with van der Waals surface area (Å²) in [6, 6.07) is 4.15. The number of rotatable bonds is 2. The molecule has 2 aromatic rings. The van der Waals surface area contributed by atoms with Crippen molar-refractivity contribution in [2.75, 3.05) is 18.5 Å². The van der Waals surface area contributed by atoms with Crippen LogP contribution in [-0.2, 0) is 13.0 Å². The van der Waals surface area contributed by atoms with E-state index in [-0.39, 0.29) is 0 Å². The molecule has 4 nitrogen and oxygen atoms in total. The SMILES string of the molecule is CN(c1ccc(Br)s1)c1ncnc2c1CNCC2. The fourth-order valence-electron chi connectivity index (χ4n) is 2.13. The maximum Gasteiger partial charge on any atom is 0.141 e. The lowest BCUT2D eigenvalue weighted by Gasteiger charge is -2.23. The van der Waals surface area contributed by atoms with Gasteiger partial charge in [0.1, 0.15) is 12.1 Å². The molecule has 6 heteroatoms. The molecule has 0 unspecified atom stereocenters. The Bertz CT molecular complexity index is 569. The van der Waals surface area contributed by atoms with E-state index in [1.165, 1.54) is 16.3 Å². The molecular formula is C12H13BrN4S. The van der Waals surface area contributed by atoms with Crippen LogP contribution < -0.4 is 10.2 Å². The van der Waals surface area contributed by atoms with Crippen LogP contribution in [0, 0.1) is 0 Å². The monoisotopic (exact) mass is 324 g/mol. The Morgan fingerprint density at radius 2 is 2.28 bits per heavy atom. The van der Waals surface area contributed by atoms with Crippen molar-refractivity contribution < 1.29 is 0 Å². The minimum absolute atomic E-state index is 0.850. The number of fused-ring (bicyclic) bond motifs is 1. The lowest BCUT2D eigenvalue weighted by atomic mass is 10.1. The van der Waals surface area contributed by atoms with E-state index in [9.17, 15) is 0 Å². The van der Waals surface area contributed by atoms with Crippen LogP contribution in [0.15, 0.2) is 22.2 Å². The normalized spacial score (nSPS) is 14.3. The Morgan fingerprint density at radius 1 is 1.39 bits per heavy atom. The topological polar surface area (TPSA) is 41.1 Å². The van der Waals surface area contributed by atoms with E-state index in [0.29, 0.717) is 0 Å². The summed E-state index contributed by atoms with van der Waals surface area (Å²) in [5.74, 6) is 1.00. The van der Waals surface area contributed by atoms with Gasteiger partial charge < -0.3 is 10.2 Å². The molecule has 0 fully saturated rings. The van der Waals surface area contributed by atoms with Crippen LogP contribution in [0.5, 0.6) is 0 Å². The first-order chi connectivity index (χ1) is 8.75. The Morgan fingerprint density at radius 3 is 3.06 bits per heavy atom. The lowest BCUT2D eigenvalue weighted by molar-refractivity contribution is 0.625. The van der Waals surface area contributed by atoms with Gasteiger partial charge in [0.05, 0.1) is 14.5 Å². The summed E-state index contributed by atoms with van der Waals surface area (Å²) in [7, 11) is 2.05. The molecule has 2 aromatic heterocycles. The van der Waals surface area contributed by atoms with E-state index >= 15 is 0 Å². The van der Waals surface area contributed by atoms with Crippen LogP contribution in [0.25, 0.3) is 0 Å². The highest BCUT2D eigenvalue weighted by atomic mass is 79.9. The molecule has 1 aliphatic heterocycles. The number of hydrogen-bond donors (Lipinski definition) is 1. The van der Waals surface area contributed by atoms with Crippen molar-refractivity contribution in [1.29, 1.82) is 0 Å². The van der Waals surface area contributed by atoms with E-state index in [0.717, 1.165) is 29.1 Å². The van der Waals surface area contributed by atoms with Crippen molar-refractivity contribution in [3.05, 3.63) is 33.5 Å². The van der Waals surface area contributed by atoms with Gasteiger partial charge in [0.25, 0.3) is 0 Å². The number of thiophene rings is 1. The summed E-state index contributed by atoms with van der Waals surface area (Å²) in [6.07, 6.45) is 2.64. The number of halogens is 1. The predicted molar refractivity (Wildman–Crippen MR) is 77.5 cm³/mol. The maximum atomic E-state index is 4.44. The first kappa shape index (κ1) is 12.1. The summed E-state index contributed by atoms with van der Waals surface area (Å²) < 4.78 is 1.13. The summed E-state index contributed by atoms with van der Waals surface area (Å²) in [5.41, 5.74) is 2.39. The Hall–Kier alpha value is -0.980. The van der Waals surface area contributed by atoms with Gasteiger partial charge in [-0.3, -0.25) is 0 Å². The fraction of sp³-hybridized carbons (Fsp3) is 0.333. The molecule has 0 amide bonds. The largest absolute Gasteiger partial charge is 0.321 e. The van der Waals surface area contributed by atoms with E-state index in [2.05, 4.69) is 55.3 Å². The van der Waals surface area contributed by atoms with Crippen LogP contribution >= 0.6 is 27.3 Å². The predicted octanol–water partition coefficient (Wildman–Crippen LogP) is 2.71. The standard InChI is InChI=1S/C12H13BrN4S/c1-17(11-3-2-10(13)18-11)12-8-6-14-5-4-9(8)15-7-16-12/h2-3,7,14H,4-6H2,1H3. The number of nitrogens with one attached hydrogen (secondary N) is 1. The molecule has 1 aliphatic rings. The van der Waals surface area contributed by atoms with Crippen LogP contribution in [0.4, 0.5) is 10.8 Å². The van der Waals surface area contributed by atoms with Crippen molar-refractivity contribution in [2.45, 2.75) is 13.0 Å². The number of aromatic nitrogens is 2. The third-order valence-electron chi connectivity index (χ3n) is 3.06. The molecule has 18 heavy (non-hydrogen) atoms. The second-order valence-corrected chi connectivity index (χ2v) is 6.63. The van der Waals surface area contributed by atoms with Crippen molar-refractivity contribution in [2.24, 2.45) is 0 Å². The third kappa shape index (κ3) is 2.15. The van der Waals surface area contributed by atoms with Crippen LogP contribution in [-0.4, -0.2) is 23.6 Å². The number of hydrogen-bond acceptors (Lipinski definition) is 5. The zero-order valence-electron chi connectivity index (χ0n) is 9.98. The van der Waals surface area contributed by atoms with Gasteiger partial charge in [-0.15, -0.1) is 11.3 Å². The Kier molecular flexibility index (Phi) is 3.32. The van der Waals surface area contributed by atoms with E-state index in [4.69, 9.17) is 0 Å². The molecule has 0 saturated carbocycles. The van der Waals surface area contributed by atoms with Crippen molar-refractivity contribution in [3.8, 4) is 0 Å². The van der Waals surface area contributed by atoms with Crippen LogP contribution in [0.2, 0.25) is 0 Å². The van der Waals surface area contributed by atoms with Gasteiger partial charge in [-0.1, -0.05) is 0 Å². The van der Waals surface area contributed by atoms with Gasteiger partial charge in [0.15, 0.2) is 0 Å². The molecule has 0 radical (unpaired) electrons. The first-order valence-electron chi connectivity index (χ1n) is 5.78. The van der Waals surface area contributed by atoms with Gasteiger partial charge in [0.2, 0.25) is 0 Å². The van der Waals surface area contributed by atoms with Crippen LogP contribution in [0.1, 0.15) is 11.3 Å². The molecular weight excluding hydrogens is 312 g/mol. The third-order valence-corrected chi connectivity index (χ3v) is 4.76. The first-order valence-corrected chi connectivity index (χ1v) is 7.39. The highest BCUT2D eigenvalue weighted by Gasteiger charge is 2.18. The minimum atomic E-state index is 0.850. The van der Waals surface area contributed by atoms with E-state index < -0.39 is 0 Å². The van der Waals surface area contributed by atoms with E-state index in [1.54, 1.807) is 17.7 Å². The zero-order chi connectivity index (χ0) is 12.5. The molecule has 0 spiro atoms. The van der Waals surface area contributed by atoms with Gasteiger partial charge in [-0.05, 0) is 28.1 Å². The van der Waals surface area contributed by atoms with Crippen molar-refractivity contribution in [1.82, 2.24) is 15.3 Å². The van der Waals surface area contributed by atoms with Gasteiger partial charge >= 0.3 is 0 Å². The average molecular weight is 325 g/mol. The Labute approximate surface area is 118 Å². The molecule has 3 heterocycles. The fourth-order valence-corrected chi connectivity index (χ4v) is 3.46. The highest BCUT2D eigenvalue weighted by Crippen LogP contribution is 2.34. The van der Waals surface area contributed by atoms with Gasteiger partial charge in [-0.25, -0.2) is 9.97 Å². The molecule has 0 aromatic carbocycles. The second kappa shape index (κ2) is 4.95. The second-order valence-electron chi connectivity index (χ2n) is 4.19. The number of anilines is 2. The lowest BCUT2D eigenvalue weighted by Crippen LogP contribution is -2.27. The molecule has 94 valence electrons. The summed E-state index contributed by atoms with van der Waals surface area (Å²) in [4.78, 5) is 10.9. The molecule has 0 bridgehead atoms. The zero-order valence-corrected chi connectivity index (χ0v) is 12.4. The summed E-state index contributed by atoms with van der Waals surface area (Å²) >= 11 is 5.20. The molecule has 0 saturated heterocycles. The van der Waals surface area contributed by atoms with Gasteiger partial charge in [-0.2, -0.15) is 0 Å². The smallest absolute Gasteiger partial charge is 0.141 e. The molecule has 3 rings (SSSR count). The van der Waals surface area contributed by atoms with Crippen LogP contribution in [0.3, 0.4) is 0 Å². The van der Waals surface area contributed by atoms with Crippen molar-refractivity contribution in [3.63, 3.8) is 0 Å². The van der Waals surface area contributed by atoms with Gasteiger partial charge in [0, 0.05) is 32.1 Å². The Balaban J connectivity index is 2.01. The minimum Gasteiger partial charge on any atom is -0.321 e. The highest BCUT2D eigenvalue weighted by molar-refractivity contribution is 9.11. The summed E-state index contributed by atoms with van der Waals surface area (Å²) in [6.45, 7) is 1.85. The molecule has 1 N–H and O–H groups in total. The molecule has 0 aliphatic carbocycles. The number of nitrogens with zero attached hydrogens (tertiary/aromatic N) is 3. The quantitative estimate of drug-likeness (QED) is 0.922. The maximum absolute atomic E-state index is 4.44. The van der Waals surface area contributed by atoms with Crippen molar-refractivity contribution >= 4 is 38.1 Å². The average Bonchev–Trinajstić information content (AvgIpc) is 2.84. The van der Waals surface area contributed by atoms with E-state index in [1.807, 2.05) is 0 Å².